The monoisotopic (exact) mass is 232 g/mol. The third kappa shape index (κ3) is 2.10. The van der Waals surface area contributed by atoms with Crippen LogP contribution in [0.15, 0.2) is 18.2 Å². The Morgan fingerprint density at radius 3 is 3.29 bits per heavy atom. The number of ether oxygens (including phenoxy) is 1. The molecule has 0 amide bonds. The molecule has 1 fully saturated rings. The van der Waals surface area contributed by atoms with Crippen molar-refractivity contribution in [3.05, 3.63) is 18.2 Å². The minimum absolute atomic E-state index is 0.635. The smallest absolute Gasteiger partial charge is 0.121 e. The summed E-state index contributed by atoms with van der Waals surface area (Å²) in [7, 11) is 1.89. The number of nitrogens with one attached hydrogen (secondary N) is 1. The lowest BCUT2D eigenvalue weighted by Gasteiger charge is -2.10. The van der Waals surface area contributed by atoms with Gasteiger partial charge in [-0.25, -0.2) is 4.68 Å². The molecule has 5 heteroatoms. The van der Waals surface area contributed by atoms with Gasteiger partial charge in [0.1, 0.15) is 11.3 Å². The molecule has 1 aliphatic heterocycles. The van der Waals surface area contributed by atoms with Crippen LogP contribution in [0, 0.1) is 5.92 Å². The van der Waals surface area contributed by atoms with E-state index in [2.05, 4.69) is 15.6 Å². The van der Waals surface area contributed by atoms with Crippen LogP contribution in [-0.2, 0) is 7.05 Å². The largest absolute Gasteiger partial charge is 0.493 e. The molecule has 0 radical (unpaired) electrons. The van der Waals surface area contributed by atoms with Crippen LogP contribution in [0.25, 0.3) is 11.0 Å². The van der Waals surface area contributed by atoms with E-state index in [-0.39, 0.29) is 0 Å². The first-order valence-electron chi connectivity index (χ1n) is 5.96. The van der Waals surface area contributed by atoms with Gasteiger partial charge in [0.15, 0.2) is 0 Å². The summed E-state index contributed by atoms with van der Waals surface area (Å²) >= 11 is 0. The molecule has 5 nitrogen and oxygen atoms in total. The zero-order chi connectivity index (χ0) is 11.7. The van der Waals surface area contributed by atoms with E-state index in [0.29, 0.717) is 5.92 Å². The predicted molar refractivity (Wildman–Crippen MR) is 65.0 cm³/mol. The molecule has 0 bridgehead atoms. The molecule has 2 heterocycles. The van der Waals surface area contributed by atoms with Gasteiger partial charge in [0, 0.05) is 25.6 Å². The third-order valence-corrected chi connectivity index (χ3v) is 3.23. The van der Waals surface area contributed by atoms with Crippen LogP contribution in [-0.4, -0.2) is 34.7 Å². The van der Waals surface area contributed by atoms with Crippen molar-refractivity contribution < 1.29 is 4.74 Å². The van der Waals surface area contributed by atoms with Gasteiger partial charge >= 0.3 is 0 Å². The van der Waals surface area contributed by atoms with Crippen molar-refractivity contribution in [3.8, 4) is 5.75 Å². The molecule has 1 unspecified atom stereocenters. The molecular formula is C12H16N4O. The van der Waals surface area contributed by atoms with Crippen molar-refractivity contribution in [2.45, 2.75) is 6.42 Å². The summed E-state index contributed by atoms with van der Waals surface area (Å²) in [5, 5.41) is 11.4. The maximum absolute atomic E-state index is 5.81. The maximum Gasteiger partial charge on any atom is 0.121 e. The number of rotatable bonds is 3. The number of fused-ring (bicyclic) bond motifs is 1. The van der Waals surface area contributed by atoms with Crippen LogP contribution < -0.4 is 10.1 Å². The SMILES string of the molecule is Cn1nnc2ccc(OCC3CCNC3)cc21. The lowest BCUT2D eigenvalue weighted by Crippen LogP contribution is -2.15. The highest BCUT2D eigenvalue weighted by Crippen LogP contribution is 2.19. The molecule has 3 rings (SSSR count). The van der Waals surface area contributed by atoms with Crippen LogP contribution in [0.3, 0.4) is 0 Å². The van der Waals surface area contributed by atoms with E-state index in [1.54, 1.807) is 4.68 Å². The number of aromatic nitrogens is 3. The molecule has 1 N–H and O–H groups in total. The Morgan fingerprint density at radius 2 is 2.47 bits per heavy atom. The van der Waals surface area contributed by atoms with Gasteiger partial charge in [0.2, 0.25) is 0 Å². The summed E-state index contributed by atoms with van der Waals surface area (Å²) in [6, 6.07) is 5.90. The van der Waals surface area contributed by atoms with Gasteiger partial charge < -0.3 is 10.1 Å². The quantitative estimate of drug-likeness (QED) is 0.856. The fourth-order valence-electron chi connectivity index (χ4n) is 2.17. The minimum atomic E-state index is 0.635. The predicted octanol–water partition coefficient (Wildman–Crippen LogP) is 0.957. The van der Waals surface area contributed by atoms with Crippen molar-refractivity contribution >= 4 is 11.0 Å². The summed E-state index contributed by atoms with van der Waals surface area (Å²) in [4.78, 5) is 0. The lowest BCUT2D eigenvalue weighted by atomic mass is 10.1. The third-order valence-electron chi connectivity index (χ3n) is 3.23. The van der Waals surface area contributed by atoms with Gasteiger partial charge in [-0.3, -0.25) is 0 Å². The van der Waals surface area contributed by atoms with Crippen molar-refractivity contribution in [2.75, 3.05) is 19.7 Å². The summed E-state index contributed by atoms with van der Waals surface area (Å²) < 4.78 is 7.58. The molecule has 0 aliphatic carbocycles. The van der Waals surface area contributed by atoms with E-state index in [1.807, 2.05) is 25.2 Å². The number of hydrogen-bond acceptors (Lipinski definition) is 4. The second kappa shape index (κ2) is 4.33. The van der Waals surface area contributed by atoms with Crippen LogP contribution in [0.5, 0.6) is 5.75 Å². The topological polar surface area (TPSA) is 52.0 Å². The van der Waals surface area contributed by atoms with Gasteiger partial charge in [-0.15, -0.1) is 5.10 Å². The Morgan fingerprint density at radius 1 is 1.53 bits per heavy atom. The molecule has 2 aromatic rings. The summed E-state index contributed by atoms with van der Waals surface area (Å²) in [5.74, 6) is 1.53. The molecule has 1 aromatic heterocycles. The van der Waals surface area contributed by atoms with Crippen LogP contribution in [0.2, 0.25) is 0 Å². The summed E-state index contributed by atoms with van der Waals surface area (Å²) in [6.45, 7) is 2.96. The van der Waals surface area contributed by atoms with Gasteiger partial charge in [-0.05, 0) is 25.1 Å². The van der Waals surface area contributed by atoms with Gasteiger partial charge in [0.25, 0.3) is 0 Å². The van der Waals surface area contributed by atoms with Gasteiger partial charge in [-0.1, -0.05) is 5.21 Å². The molecule has 0 spiro atoms. The molecule has 17 heavy (non-hydrogen) atoms. The van der Waals surface area contributed by atoms with E-state index >= 15 is 0 Å². The Hall–Kier alpha value is -1.62. The van der Waals surface area contributed by atoms with Crippen molar-refractivity contribution in [2.24, 2.45) is 13.0 Å². The maximum atomic E-state index is 5.81. The number of aryl methyl sites for hydroxylation is 1. The second-order valence-electron chi connectivity index (χ2n) is 4.53. The highest BCUT2D eigenvalue weighted by molar-refractivity contribution is 5.75. The van der Waals surface area contributed by atoms with E-state index in [1.165, 1.54) is 6.42 Å². The highest BCUT2D eigenvalue weighted by atomic mass is 16.5. The second-order valence-corrected chi connectivity index (χ2v) is 4.53. The van der Waals surface area contributed by atoms with Crippen LogP contribution >= 0.6 is 0 Å². The molecule has 90 valence electrons. The summed E-state index contributed by atoms with van der Waals surface area (Å²) in [6.07, 6.45) is 1.20. The Balaban J connectivity index is 1.73. The fourth-order valence-corrected chi connectivity index (χ4v) is 2.17. The standard InChI is InChI=1S/C12H16N4O/c1-16-12-6-10(2-3-11(12)14-15-16)17-8-9-4-5-13-7-9/h2-3,6,9,13H,4-5,7-8H2,1H3. The lowest BCUT2D eigenvalue weighted by molar-refractivity contribution is 0.260. The van der Waals surface area contributed by atoms with Crippen LogP contribution in [0.1, 0.15) is 6.42 Å². The first-order chi connectivity index (χ1) is 8.33. The minimum Gasteiger partial charge on any atom is -0.493 e. The number of benzene rings is 1. The van der Waals surface area contributed by atoms with E-state index in [0.717, 1.165) is 36.5 Å². The highest BCUT2D eigenvalue weighted by Gasteiger charge is 2.15. The summed E-state index contributed by atoms with van der Waals surface area (Å²) in [5.41, 5.74) is 1.91. The van der Waals surface area contributed by atoms with Crippen molar-refractivity contribution in [1.82, 2.24) is 20.3 Å². The van der Waals surface area contributed by atoms with E-state index in [4.69, 9.17) is 4.74 Å². The van der Waals surface area contributed by atoms with Crippen LogP contribution in [0.4, 0.5) is 0 Å². The number of hydrogen-bond donors (Lipinski definition) is 1. The molecule has 1 aliphatic rings. The molecule has 1 atom stereocenters. The van der Waals surface area contributed by atoms with Gasteiger partial charge in [-0.2, -0.15) is 0 Å². The zero-order valence-electron chi connectivity index (χ0n) is 9.89. The first-order valence-corrected chi connectivity index (χ1v) is 5.96. The number of nitrogens with zero attached hydrogens (tertiary/aromatic N) is 3. The molecule has 1 saturated heterocycles. The molecule has 1 aromatic carbocycles. The zero-order valence-corrected chi connectivity index (χ0v) is 9.89. The fraction of sp³-hybridized carbons (Fsp3) is 0.500. The van der Waals surface area contributed by atoms with E-state index in [9.17, 15) is 0 Å². The molecular weight excluding hydrogens is 216 g/mol. The Kier molecular flexibility index (Phi) is 2.68. The van der Waals surface area contributed by atoms with Crippen molar-refractivity contribution in [1.29, 1.82) is 0 Å². The normalized spacial score (nSPS) is 19.9. The van der Waals surface area contributed by atoms with E-state index < -0.39 is 0 Å². The van der Waals surface area contributed by atoms with Crippen molar-refractivity contribution in [3.63, 3.8) is 0 Å². The van der Waals surface area contributed by atoms with Gasteiger partial charge in [0.05, 0.1) is 12.1 Å². The Labute approximate surface area is 99.8 Å². The average Bonchev–Trinajstić information content (AvgIpc) is 2.97. The average molecular weight is 232 g/mol. The molecule has 0 saturated carbocycles. The first kappa shape index (κ1) is 10.5. The Bertz CT molecular complexity index is 516.